The van der Waals surface area contributed by atoms with Crippen molar-refractivity contribution < 1.29 is 9.53 Å². The van der Waals surface area contributed by atoms with Gasteiger partial charge in [-0.15, -0.1) is 0 Å². The van der Waals surface area contributed by atoms with Gasteiger partial charge in [0.1, 0.15) is 11.4 Å². The maximum Gasteiger partial charge on any atom is 0.270 e. The second-order valence-electron chi connectivity index (χ2n) is 4.78. The van der Waals surface area contributed by atoms with E-state index in [1.54, 1.807) is 12.1 Å². The summed E-state index contributed by atoms with van der Waals surface area (Å²) in [6, 6.07) is 11.0. The number of nitrogen functional groups attached to an aromatic ring is 1. The molecule has 6 nitrogen and oxygen atoms in total. The highest BCUT2D eigenvalue weighted by Gasteiger charge is 2.23. The summed E-state index contributed by atoms with van der Waals surface area (Å²) in [4.78, 5) is 16.3. The first-order valence-electron chi connectivity index (χ1n) is 6.73. The minimum atomic E-state index is -0.208. The Bertz CT molecular complexity index is 642. The van der Waals surface area contributed by atoms with E-state index in [1.807, 2.05) is 24.3 Å². The van der Waals surface area contributed by atoms with Crippen LogP contribution >= 0.6 is 0 Å². The molecular formula is C15H16N4O2. The van der Waals surface area contributed by atoms with E-state index in [4.69, 9.17) is 10.6 Å². The average molecular weight is 284 g/mol. The van der Waals surface area contributed by atoms with E-state index < -0.39 is 0 Å². The number of benzene rings is 1. The van der Waals surface area contributed by atoms with Crippen molar-refractivity contribution in [2.75, 3.05) is 12.0 Å². The van der Waals surface area contributed by atoms with Crippen molar-refractivity contribution in [3.05, 3.63) is 53.9 Å². The lowest BCUT2D eigenvalue weighted by atomic mass is 10.0. The van der Waals surface area contributed by atoms with Crippen LogP contribution in [0.2, 0.25) is 0 Å². The van der Waals surface area contributed by atoms with Crippen molar-refractivity contribution in [1.29, 1.82) is 0 Å². The summed E-state index contributed by atoms with van der Waals surface area (Å²) in [5.41, 5.74) is 4.49. The van der Waals surface area contributed by atoms with Crippen molar-refractivity contribution in [2.45, 2.75) is 12.5 Å². The number of nitrogens with zero attached hydrogens (tertiary/aromatic N) is 1. The predicted octanol–water partition coefficient (Wildman–Crippen LogP) is 1.62. The Kier molecular flexibility index (Phi) is 3.70. The molecular weight excluding hydrogens is 268 g/mol. The van der Waals surface area contributed by atoms with Crippen molar-refractivity contribution in [3.8, 4) is 5.75 Å². The zero-order chi connectivity index (χ0) is 14.7. The van der Waals surface area contributed by atoms with Crippen LogP contribution in [0, 0.1) is 0 Å². The molecule has 6 heteroatoms. The number of hydrogen-bond donors (Lipinski definition) is 3. The van der Waals surface area contributed by atoms with Crippen molar-refractivity contribution in [2.24, 2.45) is 5.84 Å². The first kappa shape index (κ1) is 13.4. The SMILES string of the molecule is NNc1ccc(C(=O)NC2CCOc3ccccc32)nc1. The molecule has 3 rings (SSSR count). The summed E-state index contributed by atoms with van der Waals surface area (Å²) in [7, 11) is 0. The summed E-state index contributed by atoms with van der Waals surface area (Å²) in [5.74, 6) is 5.89. The molecule has 108 valence electrons. The van der Waals surface area contributed by atoms with Gasteiger partial charge in [-0.3, -0.25) is 10.6 Å². The predicted molar refractivity (Wildman–Crippen MR) is 78.8 cm³/mol. The maximum atomic E-state index is 12.3. The highest BCUT2D eigenvalue weighted by molar-refractivity contribution is 5.92. The molecule has 21 heavy (non-hydrogen) atoms. The summed E-state index contributed by atoms with van der Waals surface area (Å²) in [5, 5.41) is 3.00. The van der Waals surface area contributed by atoms with Gasteiger partial charge in [0.2, 0.25) is 0 Å². The Morgan fingerprint density at radius 3 is 2.90 bits per heavy atom. The summed E-state index contributed by atoms with van der Waals surface area (Å²) >= 11 is 0. The van der Waals surface area contributed by atoms with Crippen LogP contribution in [-0.2, 0) is 0 Å². The van der Waals surface area contributed by atoms with E-state index in [0.717, 1.165) is 17.7 Å². The molecule has 0 spiro atoms. The van der Waals surface area contributed by atoms with E-state index in [0.29, 0.717) is 18.0 Å². The third-order valence-electron chi connectivity index (χ3n) is 3.43. The number of ether oxygens (including phenoxy) is 1. The molecule has 1 aliphatic heterocycles. The number of aromatic nitrogens is 1. The number of amides is 1. The first-order chi connectivity index (χ1) is 10.3. The molecule has 0 fully saturated rings. The molecule has 0 radical (unpaired) electrons. The van der Waals surface area contributed by atoms with Gasteiger partial charge in [-0.05, 0) is 18.2 Å². The smallest absolute Gasteiger partial charge is 0.270 e. The van der Waals surface area contributed by atoms with Crippen molar-refractivity contribution in [1.82, 2.24) is 10.3 Å². The van der Waals surface area contributed by atoms with Crippen molar-refractivity contribution >= 4 is 11.6 Å². The second-order valence-corrected chi connectivity index (χ2v) is 4.78. The molecule has 2 aromatic rings. The number of para-hydroxylation sites is 1. The van der Waals surface area contributed by atoms with Gasteiger partial charge >= 0.3 is 0 Å². The van der Waals surface area contributed by atoms with Gasteiger partial charge in [0.15, 0.2) is 0 Å². The van der Waals surface area contributed by atoms with Gasteiger partial charge < -0.3 is 15.5 Å². The number of fused-ring (bicyclic) bond motifs is 1. The van der Waals surface area contributed by atoms with Crippen LogP contribution < -0.4 is 21.3 Å². The van der Waals surface area contributed by atoms with Gasteiger partial charge in [-0.25, -0.2) is 4.98 Å². The molecule has 2 heterocycles. The molecule has 0 aliphatic carbocycles. The quantitative estimate of drug-likeness (QED) is 0.588. The minimum absolute atomic E-state index is 0.0587. The van der Waals surface area contributed by atoms with Crippen molar-refractivity contribution in [3.63, 3.8) is 0 Å². The van der Waals surface area contributed by atoms with Crippen LogP contribution in [0.1, 0.15) is 28.5 Å². The molecule has 1 amide bonds. The molecule has 1 aromatic heterocycles. The summed E-state index contributed by atoms with van der Waals surface area (Å²) in [6.07, 6.45) is 2.26. The van der Waals surface area contributed by atoms with E-state index in [-0.39, 0.29) is 11.9 Å². The normalized spacial score (nSPS) is 16.5. The van der Waals surface area contributed by atoms with Gasteiger partial charge in [0.05, 0.1) is 24.5 Å². The number of carbonyl (C=O) groups excluding carboxylic acids is 1. The fourth-order valence-corrected chi connectivity index (χ4v) is 2.34. The largest absolute Gasteiger partial charge is 0.493 e. The highest BCUT2D eigenvalue weighted by Crippen LogP contribution is 2.31. The molecule has 1 aromatic carbocycles. The third kappa shape index (κ3) is 2.80. The Labute approximate surface area is 122 Å². The third-order valence-corrected chi connectivity index (χ3v) is 3.43. The lowest BCUT2D eigenvalue weighted by Gasteiger charge is -2.26. The van der Waals surface area contributed by atoms with Gasteiger partial charge in [-0.1, -0.05) is 18.2 Å². The lowest BCUT2D eigenvalue weighted by Crippen LogP contribution is -2.32. The fraction of sp³-hybridized carbons (Fsp3) is 0.200. The van der Waals surface area contributed by atoms with E-state index >= 15 is 0 Å². The molecule has 1 atom stereocenters. The number of nitrogens with two attached hydrogens (primary N) is 1. The average Bonchev–Trinajstić information content (AvgIpc) is 2.55. The van der Waals surface area contributed by atoms with Gasteiger partial charge in [-0.2, -0.15) is 0 Å². The van der Waals surface area contributed by atoms with E-state index in [1.165, 1.54) is 6.20 Å². The molecule has 0 saturated carbocycles. The minimum Gasteiger partial charge on any atom is -0.493 e. The number of hydrogen-bond acceptors (Lipinski definition) is 5. The van der Waals surface area contributed by atoms with Gasteiger partial charge in [0, 0.05) is 12.0 Å². The Hall–Kier alpha value is -2.60. The molecule has 1 aliphatic rings. The number of carbonyl (C=O) groups is 1. The number of nitrogens with one attached hydrogen (secondary N) is 2. The number of anilines is 1. The Balaban J connectivity index is 1.76. The lowest BCUT2D eigenvalue weighted by molar-refractivity contribution is 0.0920. The van der Waals surface area contributed by atoms with Crippen LogP contribution in [-0.4, -0.2) is 17.5 Å². The topological polar surface area (TPSA) is 89.3 Å². The van der Waals surface area contributed by atoms with Crippen LogP contribution in [0.4, 0.5) is 5.69 Å². The van der Waals surface area contributed by atoms with E-state index in [2.05, 4.69) is 15.7 Å². The molecule has 0 saturated heterocycles. The number of rotatable bonds is 3. The van der Waals surface area contributed by atoms with Gasteiger partial charge in [0.25, 0.3) is 5.91 Å². The zero-order valence-corrected chi connectivity index (χ0v) is 11.4. The molecule has 4 N–H and O–H groups in total. The highest BCUT2D eigenvalue weighted by atomic mass is 16.5. The van der Waals surface area contributed by atoms with Crippen LogP contribution in [0.15, 0.2) is 42.6 Å². The zero-order valence-electron chi connectivity index (χ0n) is 11.4. The standard InChI is InChI=1S/C15H16N4O2/c16-19-10-5-6-13(17-9-10)15(20)18-12-7-8-21-14-4-2-1-3-11(12)14/h1-6,9,12,19H,7-8,16H2,(H,18,20). The monoisotopic (exact) mass is 284 g/mol. The molecule has 0 bridgehead atoms. The molecule has 1 unspecified atom stereocenters. The van der Waals surface area contributed by atoms with Crippen LogP contribution in [0.3, 0.4) is 0 Å². The van der Waals surface area contributed by atoms with Crippen LogP contribution in [0.25, 0.3) is 0 Å². The van der Waals surface area contributed by atoms with E-state index in [9.17, 15) is 4.79 Å². The Morgan fingerprint density at radius 2 is 2.14 bits per heavy atom. The fourth-order valence-electron chi connectivity index (χ4n) is 2.34. The first-order valence-corrected chi connectivity index (χ1v) is 6.73. The van der Waals surface area contributed by atoms with Crippen LogP contribution in [0.5, 0.6) is 5.75 Å². The number of pyridine rings is 1. The number of hydrazine groups is 1. The Morgan fingerprint density at radius 1 is 1.29 bits per heavy atom. The second kappa shape index (κ2) is 5.80. The summed E-state index contributed by atoms with van der Waals surface area (Å²) in [6.45, 7) is 0.589. The maximum absolute atomic E-state index is 12.3. The summed E-state index contributed by atoms with van der Waals surface area (Å²) < 4.78 is 5.58.